The average Bonchev–Trinajstić information content (AvgIpc) is 2.39. The van der Waals surface area contributed by atoms with Gasteiger partial charge < -0.3 is 10.4 Å². The zero-order chi connectivity index (χ0) is 14.7. The largest absolute Gasteiger partial charge is 0.508 e. The van der Waals surface area contributed by atoms with Crippen LogP contribution in [-0.2, 0) is 0 Å². The summed E-state index contributed by atoms with van der Waals surface area (Å²) in [5.74, 6) is -0.475. The molecular formula is C16H17ClFNO. The molecule has 2 rings (SSSR count). The van der Waals surface area contributed by atoms with Gasteiger partial charge in [0.25, 0.3) is 0 Å². The predicted octanol–water partition coefficient (Wildman–Crippen LogP) is 4.60. The summed E-state index contributed by atoms with van der Waals surface area (Å²) in [4.78, 5) is 0. The SMILES string of the molecule is CC(N[C@H](C)c1ccc(Cl)cc1)c1ccc(F)cc1O. The summed E-state index contributed by atoms with van der Waals surface area (Å²) in [6, 6.07) is 11.7. The minimum Gasteiger partial charge on any atom is -0.508 e. The smallest absolute Gasteiger partial charge is 0.126 e. The second kappa shape index (κ2) is 6.25. The molecule has 20 heavy (non-hydrogen) atoms. The minimum absolute atomic E-state index is 0.0340. The van der Waals surface area contributed by atoms with E-state index in [9.17, 15) is 9.50 Å². The van der Waals surface area contributed by atoms with Gasteiger partial charge in [0, 0.05) is 28.7 Å². The Morgan fingerprint density at radius 2 is 1.70 bits per heavy atom. The van der Waals surface area contributed by atoms with Crippen molar-refractivity contribution in [3.63, 3.8) is 0 Å². The van der Waals surface area contributed by atoms with Crippen LogP contribution in [0.4, 0.5) is 4.39 Å². The molecule has 0 fully saturated rings. The molecule has 2 nitrogen and oxygen atoms in total. The van der Waals surface area contributed by atoms with Gasteiger partial charge in [-0.15, -0.1) is 0 Å². The molecule has 0 aromatic heterocycles. The number of aromatic hydroxyl groups is 1. The number of phenolic OH excluding ortho intramolecular Hbond substituents is 1. The van der Waals surface area contributed by atoms with Crippen LogP contribution >= 0.6 is 11.6 Å². The fourth-order valence-electron chi connectivity index (χ4n) is 2.20. The molecule has 0 spiro atoms. The van der Waals surface area contributed by atoms with Crippen molar-refractivity contribution in [1.29, 1.82) is 0 Å². The number of halogens is 2. The van der Waals surface area contributed by atoms with Crippen LogP contribution in [0.2, 0.25) is 5.02 Å². The number of nitrogens with one attached hydrogen (secondary N) is 1. The Hall–Kier alpha value is -1.58. The first kappa shape index (κ1) is 14.8. The number of benzene rings is 2. The Morgan fingerprint density at radius 1 is 1.05 bits per heavy atom. The molecule has 2 N–H and O–H groups in total. The van der Waals surface area contributed by atoms with E-state index in [1.807, 2.05) is 38.1 Å². The van der Waals surface area contributed by atoms with E-state index in [1.165, 1.54) is 6.07 Å². The highest BCUT2D eigenvalue weighted by atomic mass is 35.5. The fraction of sp³-hybridized carbons (Fsp3) is 0.250. The Balaban J connectivity index is 2.10. The molecule has 0 radical (unpaired) electrons. The van der Waals surface area contributed by atoms with Crippen molar-refractivity contribution < 1.29 is 9.50 Å². The van der Waals surface area contributed by atoms with Gasteiger partial charge in [-0.3, -0.25) is 0 Å². The second-order valence-electron chi connectivity index (χ2n) is 4.86. The van der Waals surface area contributed by atoms with Crippen LogP contribution in [0, 0.1) is 5.82 Å². The van der Waals surface area contributed by atoms with Crippen LogP contribution in [0.3, 0.4) is 0 Å². The normalized spacial score (nSPS) is 14.0. The number of hydrogen-bond acceptors (Lipinski definition) is 2. The summed E-state index contributed by atoms with van der Waals surface area (Å²) in [7, 11) is 0. The molecule has 0 bridgehead atoms. The van der Waals surface area contributed by atoms with Crippen molar-refractivity contribution in [2.45, 2.75) is 25.9 Å². The van der Waals surface area contributed by atoms with Crippen LogP contribution in [0.5, 0.6) is 5.75 Å². The maximum absolute atomic E-state index is 13.0. The van der Waals surface area contributed by atoms with Crippen LogP contribution in [0.25, 0.3) is 0 Å². The molecule has 0 saturated carbocycles. The van der Waals surface area contributed by atoms with E-state index >= 15 is 0 Å². The molecule has 0 amide bonds. The summed E-state index contributed by atoms with van der Waals surface area (Å²) in [6.45, 7) is 3.96. The van der Waals surface area contributed by atoms with Crippen molar-refractivity contribution in [3.8, 4) is 5.75 Å². The van der Waals surface area contributed by atoms with E-state index in [0.29, 0.717) is 10.6 Å². The molecule has 1 unspecified atom stereocenters. The van der Waals surface area contributed by atoms with E-state index < -0.39 is 5.82 Å². The van der Waals surface area contributed by atoms with Gasteiger partial charge in [-0.05, 0) is 37.6 Å². The lowest BCUT2D eigenvalue weighted by atomic mass is 10.0. The van der Waals surface area contributed by atoms with Gasteiger partial charge in [-0.2, -0.15) is 0 Å². The first-order valence-electron chi connectivity index (χ1n) is 6.47. The maximum Gasteiger partial charge on any atom is 0.126 e. The minimum atomic E-state index is -0.441. The Kier molecular flexibility index (Phi) is 4.63. The Morgan fingerprint density at radius 3 is 2.30 bits per heavy atom. The quantitative estimate of drug-likeness (QED) is 0.863. The fourth-order valence-corrected chi connectivity index (χ4v) is 2.32. The summed E-state index contributed by atoms with van der Waals surface area (Å²) in [6.07, 6.45) is 0. The lowest BCUT2D eigenvalue weighted by Gasteiger charge is -2.21. The first-order valence-corrected chi connectivity index (χ1v) is 6.85. The molecule has 4 heteroatoms. The monoisotopic (exact) mass is 293 g/mol. The number of rotatable bonds is 4. The predicted molar refractivity (Wildman–Crippen MR) is 79.5 cm³/mol. The van der Waals surface area contributed by atoms with Crippen molar-refractivity contribution in [3.05, 3.63) is 64.4 Å². The molecule has 0 aliphatic heterocycles. The van der Waals surface area contributed by atoms with Gasteiger partial charge >= 0.3 is 0 Å². The zero-order valence-electron chi connectivity index (χ0n) is 11.4. The molecule has 2 atom stereocenters. The van der Waals surface area contributed by atoms with Crippen LogP contribution < -0.4 is 5.32 Å². The van der Waals surface area contributed by atoms with E-state index in [2.05, 4.69) is 5.32 Å². The molecule has 106 valence electrons. The van der Waals surface area contributed by atoms with Crippen LogP contribution in [-0.4, -0.2) is 5.11 Å². The average molecular weight is 294 g/mol. The highest BCUT2D eigenvalue weighted by Gasteiger charge is 2.14. The molecule has 0 heterocycles. The van der Waals surface area contributed by atoms with Crippen LogP contribution in [0.15, 0.2) is 42.5 Å². The topological polar surface area (TPSA) is 32.3 Å². The lowest BCUT2D eigenvalue weighted by molar-refractivity contribution is 0.434. The Bertz CT molecular complexity index is 586. The van der Waals surface area contributed by atoms with E-state index in [4.69, 9.17) is 11.6 Å². The number of phenols is 1. The van der Waals surface area contributed by atoms with Gasteiger partial charge in [0.05, 0.1) is 0 Å². The van der Waals surface area contributed by atoms with Crippen molar-refractivity contribution in [2.24, 2.45) is 0 Å². The summed E-state index contributed by atoms with van der Waals surface area (Å²) >= 11 is 5.86. The molecule has 0 aliphatic rings. The molecule has 2 aromatic carbocycles. The third-order valence-electron chi connectivity index (χ3n) is 3.33. The lowest BCUT2D eigenvalue weighted by Crippen LogP contribution is -2.22. The van der Waals surface area contributed by atoms with Gasteiger partial charge in [-0.1, -0.05) is 29.8 Å². The highest BCUT2D eigenvalue weighted by molar-refractivity contribution is 6.30. The van der Waals surface area contributed by atoms with Gasteiger partial charge in [0.2, 0.25) is 0 Å². The van der Waals surface area contributed by atoms with Crippen LogP contribution in [0.1, 0.15) is 37.1 Å². The molecule has 0 saturated heterocycles. The van der Waals surface area contributed by atoms with Gasteiger partial charge in [0.1, 0.15) is 11.6 Å². The van der Waals surface area contributed by atoms with Crippen molar-refractivity contribution in [1.82, 2.24) is 5.32 Å². The van der Waals surface area contributed by atoms with Crippen molar-refractivity contribution >= 4 is 11.6 Å². The Labute approximate surface area is 123 Å². The van der Waals surface area contributed by atoms with Gasteiger partial charge in [-0.25, -0.2) is 4.39 Å². The first-order chi connectivity index (χ1) is 9.47. The summed E-state index contributed by atoms with van der Waals surface area (Å²) in [5.41, 5.74) is 1.77. The molecule has 2 aromatic rings. The van der Waals surface area contributed by atoms with Gasteiger partial charge in [0.15, 0.2) is 0 Å². The molecule has 0 aliphatic carbocycles. The molecular weight excluding hydrogens is 277 g/mol. The van der Waals surface area contributed by atoms with E-state index in [-0.39, 0.29) is 17.8 Å². The van der Waals surface area contributed by atoms with Crippen molar-refractivity contribution in [2.75, 3.05) is 0 Å². The van der Waals surface area contributed by atoms with E-state index in [1.54, 1.807) is 6.07 Å². The second-order valence-corrected chi connectivity index (χ2v) is 5.30. The standard InChI is InChI=1S/C16H17ClFNO/c1-10(12-3-5-13(17)6-4-12)19-11(2)15-8-7-14(18)9-16(15)20/h3-11,19-20H,1-2H3/t10-,11?/m1/s1. The number of hydrogen-bond donors (Lipinski definition) is 2. The highest BCUT2D eigenvalue weighted by Crippen LogP contribution is 2.27. The summed E-state index contributed by atoms with van der Waals surface area (Å²) < 4.78 is 13.0. The zero-order valence-corrected chi connectivity index (χ0v) is 12.2. The maximum atomic E-state index is 13.0. The third kappa shape index (κ3) is 3.50. The van der Waals surface area contributed by atoms with E-state index in [0.717, 1.165) is 11.6 Å². The third-order valence-corrected chi connectivity index (χ3v) is 3.58. The summed E-state index contributed by atoms with van der Waals surface area (Å²) in [5, 5.41) is 13.9.